The fourth-order valence-electron chi connectivity index (χ4n) is 3.85. The second-order valence-corrected chi connectivity index (χ2v) is 6.18. The molecular weight excluding hydrogens is 295 g/mol. The molecule has 0 saturated carbocycles. The number of hydrogen-bond donors (Lipinski definition) is 2. The van der Waals surface area contributed by atoms with E-state index >= 15 is 0 Å². The highest BCUT2D eigenvalue weighted by atomic mass is 19.1. The molecule has 2 unspecified atom stereocenters. The molecule has 23 heavy (non-hydrogen) atoms. The van der Waals surface area contributed by atoms with Crippen molar-refractivity contribution < 1.29 is 14.3 Å². The number of rotatable bonds is 4. The molecule has 3 atom stereocenters. The number of hydroxylamine groups is 1. The third-order valence-corrected chi connectivity index (χ3v) is 4.94. The molecule has 0 aliphatic carbocycles. The summed E-state index contributed by atoms with van der Waals surface area (Å²) in [6.07, 6.45) is 3.11. The van der Waals surface area contributed by atoms with Crippen LogP contribution < -0.4 is 5.48 Å². The van der Waals surface area contributed by atoms with E-state index in [0.29, 0.717) is 6.04 Å². The van der Waals surface area contributed by atoms with Crippen LogP contribution in [0.25, 0.3) is 5.57 Å². The zero-order chi connectivity index (χ0) is 16.6. The van der Waals surface area contributed by atoms with E-state index in [2.05, 4.69) is 10.4 Å². The van der Waals surface area contributed by atoms with Crippen LogP contribution in [-0.2, 0) is 4.84 Å². The van der Waals surface area contributed by atoms with Crippen molar-refractivity contribution in [1.82, 2.24) is 10.4 Å². The second kappa shape index (κ2) is 6.43. The Morgan fingerprint density at radius 2 is 2.09 bits per heavy atom. The zero-order valence-corrected chi connectivity index (χ0v) is 13.7. The molecule has 124 valence electrons. The van der Waals surface area contributed by atoms with Crippen molar-refractivity contribution >= 4 is 5.57 Å². The molecule has 1 fully saturated rings. The highest BCUT2D eigenvalue weighted by Crippen LogP contribution is 2.44. The van der Waals surface area contributed by atoms with Crippen LogP contribution in [0.3, 0.4) is 0 Å². The van der Waals surface area contributed by atoms with E-state index in [1.807, 2.05) is 32.2 Å². The van der Waals surface area contributed by atoms with Gasteiger partial charge in [-0.05, 0) is 50.1 Å². The lowest BCUT2D eigenvalue weighted by Crippen LogP contribution is -2.42. The van der Waals surface area contributed by atoms with E-state index in [1.165, 1.54) is 12.1 Å². The molecule has 5 heteroatoms. The van der Waals surface area contributed by atoms with Gasteiger partial charge in [0.2, 0.25) is 0 Å². The topological polar surface area (TPSA) is 44.7 Å². The average molecular weight is 318 g/mol. The molecule has 3 rings (SSSR count). The van der Waals surface area contributed by atoms with E-state index in [9.17, 15) is 9.50 Å². The summed E-state index contributed by atoms with van der Waals surface area (Å²) in [4.78, 5) is 7.35. The molecule has 2 N–H and O–H groups in total. The van der Waals surface area contributed by atoms with Gasteiger partial charge in [-0.3, -0.25) is 15.2 Å². The van der Waals surface area contributed by atoms with Crippen LogP contribution in [0.2, 0.25) is 0 Å². The van der Waals surface area contributed by atoms with Gasteiger partial charge in [0.25, 0.3) is 0 Å². The Hall–Kier alpha value is -1.69. The molecule has 2 aliphatic rings. The van der Waals surface area contributed by atoms with E-state index in [0.717, 1.165) is 35.2 Å². The standard InChI is InChI=1S/C18H23FN2O2/c1-4-15(20-23-3)17-14(11-5-7-12(19)8-6-11)9-13-10-16(22)18(17)21(13)2/h4-8,13,16,18,20,22H,9-10H2,1-3H3/t13?,16?,18-/m0/s1. The maximum Gasteiger partial charge on any atom is 0.123 e. The van der Waals surface area contributed by atoms with Crippen LogP contribution in [0, 0.1) is 5.82 Å². The summed E-state index contributed by atoms with van der Waals surface area (Å²) in [7, 11) is 3.62. The Labute approximate surface area is 136 Å². The van der Waals surface area contributed by atoms with Crippen molar-refractivity contribution in [2.75, 3.05) is 14.2 Å². The lowest BCUT2D eigenvalue weighted by molar-refractivity contribution is 0.109. The zero-order valence-electron chi connectivity index (χ0n) is 13.7. The summed E-state index contributed by atoms with van der Waals surface area (Å²) in [6, 6.07) is 6.80. The molecule has 1 saturated heterocycles. The van der Waals surface area contributed by atoms with Gasteiger partial charge in [0.05, 0.1) is 25.0 Å². The summed E-state index contributed by atoms with van der Waals surface area (Å²) < 4.78 is 13.3. The minimum Gasteiger partial charge on any atom is -0.391 e. The third kappa shape index (κ3) is 2.80. The second-order valence-electron chi connectivity index (χ2n) is 6.18. The predicted octanol–water partition coefficient (Wildman–Crippen LogP) is 2.47. The van der Waals surface area contributed by atoms with Crippen LogP contribution in [0.4, 0.5) is 4.39 Å². The number of fused-ring (bicyclic) bond motifs is 2. The van der Waals surface area contributed by atoms with Gasteiger partial charge in [0.1, 0.15) is 5.82 Å². The van der Waals surface area contributed by atoms with Crippen molar-refractivity contribution in [3.05, 3.63) is 53.0 Å². The summed E-state index contributed by atoms with van der Waals surface area (Å²) in [6.45, 7) is 1.93. The minimum atomic E-state index is -0.411. The van der Waals surface area contributed by atoms with E-state index in [1.54, 1.807) is 7.11 Å². The number of aliphatic hydroxyl groups is 1. The number of benzene rings is 1. The molecule has 2 heterocycles. The number of aliphatic hydroxyl groups excluding tert-OH is 1. The van der Waals surface area contributed by atoms with Gasteiger partial charge in [-0.15, -0.1) is 0 Å². The van der Waals surface area contributed by atoms with Crippen molar-refractivity contribution in [3.8, 4) is 0 Å². The molecule has 2 bridgehead atoms. The van der Waals surface area contributed by atoms with Gasteiger partial charge in [-0.2, -0.15) is 0 Å². The first-order chi connectivity index (χ1) is 11.1. The van der Waals surface area contributed by atoms with Gasteiger partial charge in [0.15, 0.2) is 0 Å². The molecule has 4 nitrogen and oxygen atoms in total. The summed E-state index contributed by atoms with van der Waals surface area (Å²) in [5, 5.41) is 10.5. The Bertz CT molecular complexity index is 639. The number of nitrogens with zero attached hydrogens (tertiary/aromatic N) is 1. The Kier molecular flexibility index (Phi) is 4.53. The molecular formula is C18H23FN2O2. The monoisotopic (exact) mass is 318 g/mol. The van der Waals surface area contributed by atoms with E-state index in [4.69, 9.17) is 4.84 Å². The quantitative estimate of drug-likeness (QED) is 0.837. The first-order valence-corrected chi connectivity index (χ1v) is 7.91. The van der Waals surface area contributed by atoms with Crippen molar-refractivity contribution in [1.29, 1.82) is 0 Å². The predicted molar refractivity (Wildman–Crippen MR) is 87.8 cm³/mol. The van der Waals surface area contributed by atoms with Crippen molar-refractivity contribution in [3.63, 3.8) is 0 Å². The van der Waals surface area contributed by atoms with E-state index in [-0.39, 0.29) is 11.9 Å². The highest BCUT2D eigenvalue weighted by molar-refractivity contribution is 5.75. The first kappa shape index (κ1) is 16.2. The molecule has 2 aliphatic heterocycles. The minimum absolute atomic E-state index is 0.0809. The summed E-state index contributed by atoms with van der Waals surface area (Å²) in [5.74, 6) is -0.242. The average Bonchev–Trinajstić information content (AvgIpc) is 2.72. The Morgan fingerprint density at radius 1 is 1.39 bits per heavy atom. The maximum absolute atomic E-state index is 13.3. The fraction of sp³-hybridized carbons (Fsp3) is 0.444. The van der Waals surface area contributed by atoms with Crippen LogP contribution in [0.5, 0.6) is 0 Å². The third-order valence-electron chi connectivity index (χ3n) is 4.94. The van der Waals surface area contributed by atoms with Gasteiger partial charge < -0.3 is 5.11 Å². The van der Waals surface area contributed by atoms with Gasteiger partial charge >= 0.3 is 0 Å². The number of halogens is 1. The van der Waals surface area contributed by atoms with Crippen molar-refractivity contribution in [2.24, 2.45) is 0 Å². The van der Waals surface area contributed by atoms with Crippen LogP contribution in [0.1, 0.15) is 25.3 Å². The largest absolute Gasteiger partial charge is 0.391 e. The fourth-order valence-corrected chi connectivity index (χ4v) is 3.85. The number of nitrogens with one attached hydrogen (secondary N) is 1. The van der Waals surface area contributed by atoms with Crippen LogP contribution >= 0.6 is 0 Å². The lowest BCUT2D eigenvalue weighted by Gasteiger charge is -2.36. The highest BCUT2D eigenvalue weighted by Gasteiger charge is 2.46. The lowest BCUT2D eigenvalue weighted by atomic mass is 9.86. The summed E-state index contributed by atoms with van der Waals surface area (Å²) in [5.41, 5.74) is 6.95. The molecule has 1 aromatic carbocycles. The molecule has 1 aromatic rings. The molecule has 0 amide bonds. The summed E-state index contributed by atoms with van der Waals surface area (Å²) >= 11 is 0. The Balaban J connectivity index is 2.14. The number of allylic oxidation sites excluding steroid dienone is 1. The van der Waals surface area contributed by atoms with Crippen LogP contribution in [0.15, 0.2) is 41.6 Å². The SMILES string of the molecule is CC=C(NOC)C1=C(c2ccc(F)cc2)CC2CC(O)[C@@H]1N2C. The Morgan fingerprint density at radius 3 is 2.70 bits per heavy atom. The first-order valence-electron chi connectivity index (χ1n) is 7.91. The molecule has 0 spiro atoms. The molecule has 0 aromatic heterocycles. The number of likely N-dealkylation sites (N-methyl/N-ethyl adjacent to an activating group) is 1. The van der Waals surface area contributed by atoms with Gasteiger partial charge in [-0.25, -0.2) is 4.39 Å². The van der Waals surface area contributed by atoms with Gasteiger partial charge in [-0.1, -0.05) is 18.2 Å². The number of hydrogen-bond acceptors (Lipinski definition) is 4. The van der Waals surface area contributed by atoms with Crippen LogP contribution in [-0.4, -0.2) is 42.4 Å². The van der Waals surface area contributed by atoms with E-state index < -0.39 is 6.10 Å². The maximum atomic E-state index is 13.3. The molecule has 0 radical (unpaired) electrons. The normalized spacial score (nSPS) is 28.4. The van der Waals surface area contributed by atoms with Gasteiger partial charge in [0, 0.05) is 11.6 Å². The smallest absolute Gasteiger partial charge is 0.123 e. The van der Waals surface area contributed by atoms with Crippen molar-refractivity contribution in [2.45, 2.75) is 38.0 Å².